The van der Waals surface area contributed by atoms with E-state index < -0.39 is 10.9 Å². The van der Waals surface area contributed by atoms with Gasteiger partial charge in [-0.1, -0.05) is 6.42 Å². The van der Waals surface area contributed by atoms with Crippen molar-refractivity contribution in [3.05, 3.63) is 39.9 Å². The molecule has 0 spiro atoms. The monoisotopic (exact) mass is 318 g/mol. The molecule has 2 aliphatic heterocycles. The van der Waals surface area contributed by atoms with Gasteiger partial charge in [0.25, 0.3) is 5.69 Å². The van der Waals surface area contributed by atoms with Crippen molar-refractivity contribution in [2.24, 2.45) is 5.92 Å². The molecule has 1 aromatic rings. The topological polar surface area (TPSA) is 72.7 Å². The van der Waals surface area contributed by atoms with Gasteiger partial charge in [0.15, 0.2) is 0 Å². The predicted octanol–water partition coefficient (Wildman–Crippen LogP) is 3.02. The van der Waals surface area contributed by atoms with Gasteiger partial charge in [-0.05, 0) is 50.9 Å². The second-order valence-corrected chi connectivity index (χ2v) is 6.40. The van der Waals surface area contributed by atoms with Crippen LogP contribution in [0, 0.1) is 16.0 Å². The highest BCUT2D eigenvalue weighted by Crippen LogP contribution is 2.31. The molecule has 1 aromatic carbocycles. The zero-order chi connectivity index (χ0) is 16.2. The van der Waals surface area contributed by atoms with Gasteiger partial charge in [-0.3, -0.25) is 15.0 Å². The third-order valence-electron chi connectivity index (χ3n) is 4.97. The number of nitro groups is 1. The Balaban J connectivity index is 1.56. The molecule has 6 heteroatoms. The van der Waals surface area contributed by atoms with Crippen molar-refractivity contribution in [3.8, 4) is 0 Å². The third kappa shape index (κ3) is 3.69. The molecule has 0 N–H and O–H groups in total. The molecule has 2 atom stereocenters. The van der Waals surface area contributed by atoms with Crippen molar-refractivity contribution < 1.29 is 14.5 Å². The highest BCUT2D eigenvalue weighted by atomic mass is 16.6. The van der Waals surface area contributed by atoms with Gasteiger partial charge in [0.1, 0.15) is 0 Å². The van der Waals surface area contributed by atoms with E-state index in [-0.39, 0.29) is 5.69 Å². The van der Waals surface area contributed by atoms with E-state index in [1.807, 2.05) is 0 Å². The number of hydrogen-bond acceptors (Lipinski definition) is 5. The smallest absolute Gasteiger partial charge is 0.338 e. The van der Waals surface area contributed by atoms with Gasteiger partial charge in [0.2, 0.25) is 0 Å². The number of carbonyl (C=O) groups is 1. The van der Waals surface area contributed by atoms with Crippen LogP contribution in [-0.2, 0) is 4.74 Å². The summed E-state index contributed by atoms with van der Waals surface area (Å²) < 4.78 is 5.48. The van der Waals surface area contributed by atoms with Crippen LogP contribution in [0.2, 0.25) is 0 Å². The molecule has 0 aromatic heterocycles. The van der Waals surface area contributed by atoms with Crippen molar-refractivity contribution in [2.45, 2.75) is 38.1 Å². The van der Waals surface area contributed by atoms with Crippen molar-refractivity contribution in [2.75, 3.05) is 19.7 Å². The Bertz CT molecular complexity index is 570. The maximum absolute atomic E-state index is 12.1. The highest BCUT2D eigenvalue weighted by Gasteiger charge is 2.33. The molecule has 0 aliphatic carbocycles. The Morgan fingerprint density at radius 3 is 2.65 bits per heavy atom. The van der Waals surface area contributed by atoms with Crippen molar-refractivity contribution in [1.82, 2.24) is 4.90 Å². The largest absolute Gasteiger partial charge is 0.462 e. The van der Waals surface area contributed by atoms with Crippen LogP contribution in [0.4, 0.5) is 5.69 Å². The molecule has 2 fully saturated rings. The van der Waals surface area contributed by atoms with Crippen LogP contribution in [0.5, 0.6) is 0 Å². The van der Waals surface area contributed by atoms with Crippen molar-refractivity contribution in [1.29, 1.82) is 0 Å². The molecule has 0 bridgehead atoms. The number of nitro benzene ring substituents is 1. The maximum Gasteiger partial charge on any atom is 0.338 e. The number of fused-ring (bicyclic) bond motifs is 1. The average Bonchev–Trinajstić information content (AvgIpc) is 2.59. The first-order valence-electron chi connectivity index (χ1n) is 8.31. The number of benzene rings is 1. The Labute approximate surface area is 135 Å². The Hall–Kier alpha value is -1.95. The lowest BCUT2D eigenvalue weighted by molar-refractivity contribution is -0.384. The van der Waals surface area contributed by atoms with Crippen molar-refractivity contribution in [3.63, 3.8) is 0 Å². The minimum Gasteiger partial charge on any atom is -0.462 e. The molecule has 2 aliphatic rings. The number of esters is 1. The number of carbonyl (C=O) groups excluding carboxylic acids is 1. The molecule has 0 amide bonds. The number of ether oxygens (including phenoxy) is 1. The number of piperidine rings is 2. The van der Waals surface area contributed by atoms with Crippen LogP contribution >= 0.6 is 0 Å². The molecule has 124 valence electrons. The molecular formula is C17H22N2O4. The van der Waals surface area contributed by atoms with Crippen LogP contribution in [0.1, 0.15) is 42.5 Å². The summed E-state index contributed by atoms with van der Waals surface area (Å²) in [5, 5.41) is 10.6. The molecule has 6 nitrogen and oxygen atoms in total. The van der Waals surface area contributed by atoms with Crippen LogP contribution in [0.3, 0.4) is 0 Å². The summed E-state index contributed by atoms with van der Waals surface area (Å²) in [6, 6.07) is 6.12. The molecule has 23 heavy (non-hydrogen) atoms. The van der Waals surface area contributed by atoms with Gasteiger partial charge in [-0.25, -0.2) is 4.79 Å². The van der Waals surface area contributed by atoms with E-state index in [0.717, 1.165) is 25.9 Å². The molecule has 3 rings (SSSR count). The van der Waals surface area contributed by atoms with E-state index in [9.17, 15) is 14.9 Å². The summed E-state index contributed by atoms with van der Waals surface area (Å²) in [4.78, 5) is 24.8. The molecule has 0 radical (unpaired) electrons. The first-order valence-corrected chi connectivity index (χ1v) is 8.31. The second kappa shape index (κ2) is 7.08. The van der Waals surface area contributed by atoms with Crippen LogP contribution < -0.4 is 0 Å². The number of hydrogen-bond donors (Lipinski definition) is 0. The summed E-state index contributed by atoms with van der Waals surface area (Å²) in [5.41, 5.74) is 0.346. The van der Waals surface area contributed by atoms with Gasteiger partial charge in [-0.2, -0.15) is 0 Å². The SMILES string of the molecule is O=C(OC[C@H]1CCCN2CCCC[C@H]12)c1ccc([N+](=O)[O-])cc1. The summed E-state index contributed by atoms with van der Waals surface area (Å²) >= 11 is 0. The van der Waals surface area contributed by atoms with E-state index in [0.29, 0.717) is 24.1 Å². The Morgan fingerprint density at radius 1 is 1.17 bits per heavy atom. The number of rotatable bonds is 4. The lowest BCUT2D eigenvalue weighted by atomic mass is 9.84. The first kappa shape index (κ1) is 15.9. The fourth-order valence-electron chi connectivity index (χ4n) is 3.76. The van der Waals surface area contributed by atoms with Crippen LogP contribution in [0.25, 0.3) is 0 Å². The van der Waals surface area contributed by atoms with Gasteiger partial charge in [0, 0.05) is 24.1 Å². The molecular weight excluding hydrogens is 296 g/mol. The maximum atomic E-state index is 12.1. The zero-order valence-corrected chi connectivity index (χ0v) is 13.1. The summed E-state index contributed by atoms with van der Waals surface area (Å²) in [6.45, 7) is 2.77. The van der Waals surface area contributed by atoms with E-state index in [1.165, 1.54) is 43.5 Å². The summed E-state index contributed by atoms with van der Waals surface area (Å²) in [7, 11) is 0. The van der Waals surface area contributed by atoms with E-state index in [2.05, 4.69) is 4.90 Å². The van der Waals surface area contributed by atoms with Crippen LogP contribution in [-0.4, -0.2) is 41.5 Å². The molecule has 2 saturated heterocycles. The van der Waals surface area contributed by atoms with Gasteiger partial charge < -0.3 is 4.74 Å². The third-order valence-corrected chi connectivity index (χ3v) is 4.97. The fraction of sp³-hybridized carbons (Fsp3) is 0.588. The van der Waals surface area contributed by atoms with Gasteiger partial charge >= 0.3 is 5.97 Å². The van der Waals surface area contributed by atoms with Crippen molar-refractivity contribution >= 4 is 11.7 Å². The summed E-state index contributed by atoms with van der Waals surface area (Å²) in [6.07, 6.45) is 5.99. The molecule has 0 unspecified atom stereocenters. The first-order chi connectivity index (χ1) is 11.1. The lowest BCUT2D eigenvalue weighted by Gasteiger charge is -2.44. The van der Waals surface area contributed by atoms with Crippen LogP contribution in [0.15, 0.2) is 24.3 Å². The Kier molecular flexibility index (Phi) is 4.91. The standard InChI is InChI=1S/C17H22N2O4/c20-17(13-6-8-15(9-7-13)19(21)22)23-12-14-4-3-11-18-10-2-1-5-16(14)18/h6-9,14,16H,1-5,10-12H2/t14-,16-/m1/s1. The number of nitrogens with zero attached hydrogens (tertiary/aromatic N) is 2. The minimum atomic E-state index is -0.477. The second-order valence-electron chi connectivity index (χ2n) is 6.40. The van der Waals surface area contributed by atoms with Gasteiger partial charge in [-0.15, -0.1) is 0 Å². The summed E-state index contributed by atoms with van der Waals surface area (Å²) in [5.74, 6) is 0.0129. The highest BCUT2D eigenvalue weighted by molar-refractivity contribution is 5.89. The predicted molar refractivity (Wildman–Crippen MR) is 85.3 cm³/mol. The van der Waals surface area contributed by atoms with E-state index in [4.69, 9.17) is 4.74 Å². The fourth-order valence-corrected chi connectivity index (χ4v) is 3.76. The average molecular weight is 318 g/mol. The Morgan fingerprint density at radius 2 is 1.91 bits per heavy atom. The number of non-ortho nitro benzene ring substituents is 1. The molecule has 0 saturated carbocycles. The molecule has 2 heterocycles. The van der Waals surface area contributed by atoms with E-state index >= 15 is 0 Å². The zero-order valence-electron chi connectivity index (χ0n) is 13.1. The quantitative estimate of drug-likeness (QED) is 0.485. The minimum absolute atomic E-state index is 0.0216. The lowest BCUT2D eigenvalue weighted by Crippen LogP contribution is -2.49. The van der Waals surface area contributed by atoms with Gasteiger partial charge in [0.05, 0.1) is 17.1 Å². The normalized spacial score (nSPS) is 24.7. The van der Waals surface area contributed by atoms with E-state index in [1.54, 1.807) is 0 Å².